The quantitative estimate of drug-likeness (QED) is 0.785. The third kappa shape index (κ3) is 5.43. The van der Waals surface area contributed by atoms with E-state index in [1.807, 2.05) is 24.3 Å². The van der Waals surface area contributed by atoms with E-state index in [0.29, 0.717) is 6.04 Å². The molecule has 0 aromatic heterocycles. The largest absolute Gasteiger partial charge is 0.492 e. The Labute approximate surface area is 130 Å². The van der Waals surface area contributed by atoms with E-state index in [4.69, 9.17) is 4.74 Å². The summed E-state index contributed by atoms with van der Waals surface area (Å²) in [4.78, 5) is 2.51. The molecule has 3 nitrogen and oxygen atoms in total. The molecule has 0 radical (unpaired) electrons. The number of ether oxygens (including phenoxy) is 1. The van der Waals surface area contributed by atoms with Crippen molar-refractivity contribution in [3.05, 3.63) is 28.7 Å². The number of halogens is 1. The summed E-state index contributed by atoms with van der Waals surface area (Å²) in [6, 6.07) is 8.72. The normalized spacial score (nSPS) is 18.6. The summed E-state index contributed by atoms with van der Waals surface area (Å²) in [6.07, 6.45) is 3.83. The second-order valence-corrected chi connectivity index (χ2v) is 6.32. The standard InChI is InChI=1S/C16H25BrN2O/c1-2-9-19(13-15-6-4-8-18-15)10-11-20-16-7-3-5-14(17)12-16/h3,5,7,12,15,18H,2,4,6,8-11,13H2,1H3. The maximum Gasteiger partial charge on any atom is 0.120 e. The lowest BCUT2D eigenvalue weighted by molar-refractivity contribution is 0.196. The Morgan fingerprint density at radius 2 is 2.30 bits per heavy atom. The SMILES string of the molecule is CCCN(CCOc1cccc(Br)c1)CC1CCCN1. The summed E-state index contributed by atoms with van der Waals surface area (Å²) < 4.78 is 6.90. The van der Waals surface area contributed by atoms with Crippen molar-refractivity contribution in [3.8, 4) is 5.75 Å². The fourth-order valence-electron chi connectivity index (χ4n) is 2.68. The minimum absolute atomic E-state index is 0.674. The molecule has 4 heteroatoms. The molecule has 1 fully saturated rings. The van der Waals surface area contributed by atoms with Gasteiger partial charge in [0.15, 0.2) is 0 Å². The molecule has 0 aliphatic carbocycles. The summed E-state index contributed by atoms with van der Waals surface area (Å²) in [7, 11) is 0. The molecule has 1 aromatic carbocycles. The Morgan fingerprint density at radius 1 is 1.40 bits per heavy atom. The van der Waals surface area contributed by atoms with Crippen molar-refractivity contribution in [2.75, 3.05) is 32.8 Å². The lowest BCUT2D eigenvalue weighted by Gasteiger charge is -2.25. The molecule has 20 heavy (non-hydrogen) atoms. The topological polar surface area (TPSA) is 24.5 Å². The van der Waals surface area contributed by atoms with Gasteiger partial charge in [-0.05, 0) is 50.6 Å². The lowest BCUT2D eigenvalue weighted by Crippen LogP contribution is -2.39. The van der Waals surface area contributed by atoms with Crippen LogP contribution in [0.2, 0.25) is 0 Å². The maximum atomic E-state index is 5.84. The van der Waals surface area contributed by atoms with Crippen molar-refractivity contribution in [1.82, 2.24) is 10.2 Å². The van der Waals surface area contributed by atoms with Gasteiger partial charge in [0.25, 0.3) is 0 Å². The first kappa shape index (κ1) is 15.8. The first-order valence-electron chi connectivity index (χ1n) is 7.62. The highest BCUT2D eigenvalue weighted by atomic mass is 79.9. The van der Waals surface area contributed by atoms with Crippen LogP contribution in [0.5, 0.6) is 5.75 Å². The molecule has 112 valence electrons. The van der Waals surface area contributed by atoms with Gasteiger partial charge in [-0.3, -0.25) is 4.90 Å². The van der Waals surface area contributed by atoms with Gasteiger partial charge in [0.1, 0.15) is 12.4 Å². The average molecular weight is 341 g/mol. The van der Waals surface area contributed by atoms with Gasteiger partial charge in [-0.25, -0.2) is 0 Å². The van der Waals surface area contributed by atoms with Crippen LogP contribution in [-0.2, 0) is 0 Å². The Kier molecular flexibility index (Phi) is 6.83. The molecule has 1 aliphatic heterocycles. The molecular weight excluding hydrogens is 316 g/mol. The molecule has 1 aliphatic rings. The van der Waals surface area contributed by atoms with Gasteiger partial charge in [-0.15, -0.1) is 0 Å². The van der Waals surface area contributed by atoms with E-state index in [2.05, 4.69) is 33.1 Å². The molecule has 1 heterocycles. The molecule has 0 amide bonds. The maximum absolute atomic E-state index is 5.84. The van der Waals surface area contributed by atoms with Crippen LogP contribution >= 0.6 is 15.9 Å². The lowest BCUT2D eigenvalue weighted by atomic mass is 10.2. The van der Waals surface area contributed by atoms with Crippen LogP contribution in [-0.4, -0.2) is 43.7 Å². The number of hydrogen-bond acceptors (Lipinski definition) is 3. The molecule has 0 saturated carbocycles. The first-order chi connectivity index (χ1) is 9.78. The zero-order valence-corrected chi connectivity index (χ0v) is 13.9. The van der Waals surface area contributed by atoms with Crippen LogP contribution in [0.15, 0.2) is 28.7 Å². The molecule has 1 atom stereocenters. The predicted octanol–water partition coefficient (Wildman–Crippen LogP) is 3.29. The van der Waals surface area contributed by atoms with Crippen LogP contribution in [0, 0.1) is 0 Å². The molecule has 0 spiro atoms. The van der Waals surface area contributed by atoms with Crippen LogP contribution < -0.4 is 10.1 Å². The van der Waals surface area contributed by atoms with Crippen LogP contribution in [0.1, 0.15) is 26.2 Å². The van der Waals surface area contributed by atoms with Crippen LogP contribution in [0.3, 0.4) is 0 Å². The summed E-state index contributed by atoms with van der Waals surface area (Å²) >= 11 is 3.47. The minimum atomic E-state index is 0.674. The van der Waals surface area contributed by atoms with Crippen LogP contribution in [0.25, 0.3) is 0 Å². The third-order valence-electron chi connectivity index (χ3n) is 3.65. The van der Waals surface area contributed by atoms with Crippen molar-refractivity contribution in [2.24, 2.45) is 0 Å². The molecule has 2 rings (SSSR count). The molecule has 1 unspecified atom stereocenters. The Morgan fingerprint density at radius 3 is 3.00 bits per heavy atom. The zero-order chi connectivity index (χ0) is 14.2. The van der Waals surface area contributed by atoms with E-state index in [1.54, 1.807) is 0 Å². The Hall–Kier alpha value is -0.580. The fraction of sp³-hybridized carbons (Fsp3) is 0.625. The first-order valence-corrected chi connectivity index (χ1v) is 8.41. The second kappa shape index (κ2) is 8.65. The summed E-state index contributed by atoms with van der Waals surface area (Å²) in [5.74, 6) is 0.940. The van der Waals surface area contributed by atoms with E-state index in [9.17, 15) is 0 Å². The molecular formula is C16H25BrN2O. The summed E-state index contributed by atoms with van der Waals surface area (Å²) in [5, 5.41) is 3.57. The summed E-state index contributed by atoms with van der Waals surface area (Å²) in [6.45, 7) is 7.47. The van der Waals surface area contributed by atoms with E-state index in [1.165, 1.54) is 25.8 Å². The smallest absolute Gasteiger partial charge is 0.120 e. The van der Waals surface area contributed by atoms with E-state index < -0.39 is 0 Å². The second-order valence-electron chi connectivity index (χ2n) is 5.40. The fourth-order valence-corrected chi connectivity index (χ4v) is 3.06. The van der Waals surface area contributed by atoms with Gasteiger partial charge in [0.2, 0.25) is 0 Å². The zero-order valence-electron chi connectivity index (χ0n) is 12.3. The van der Waals surface area contributed by atoms with Gasteiger partial charge in [0, 0.05) is 23.6 Å². The number of nitrogens with one attached hydrogen (secondary N) is 1. The van der Waals surface area contributed by atoms with E-state index >= 15 is 0 Å². The van der Waals surface area contributed by atoms with Crippen molar-refractivity contribution >= 4 is 15.9 Å². The highest BCUT2D eigenvalue weighted by Crippen LogP contribution is 2.17. The van der Waals surface area contributed by atoms with Gasteiger partial charge in [0.05, 0.1) is 0 Å². The number of rotatable bonds is 8. The molecule has 1 aromatic rings. The molecule has 1 saturated heterocycles. The highest BCUT2D eigenvalue weighted by Gasteiger charge is 2.17. The van der Waals surface area contributed by atoms with Crippen molar-refractivity contribution in [1.29, 1.82) is 0 Å². The number of benzene rings is 1. The van der Waals surface area contributed by atoms with Gasteiger partial charge < -0.3 is 10.1 Å². The third-order valence-corrected chi connectivity index (χ3v) is 4.15. The van der Waals surface area contributed by atoms with Crippen molar-refractivity contribution < 1.29 is 4.74 Å². The number of hydrogen-bond donors (Lipinski definition) is 1. The van der Waals surface area contributed by atoms with E-state index in [-0.39, 0.29) is 0 Å². The van der Waals surface area contributed by atoms with Crippen molar-refractivity contribution in [3.63, 3.8) is 0 Å². The van der Waals surface area contributed by atoms with Gasteiger partial charge in [-0.2, -0.15) is 0 Å². The summed E-state index contributed by atoms with van der Waals surface area (Å²) in [5.41, 5.74) is 0. The Balaban J connectivity index is 1.73. The molecule has 0 bridgehead atoms. The molecule has 1 N–H and O–H groups in total. The highest BCUT2D eigenvalue weighted by molar-refractivity contribution is 9.10. The number of nitrogens with zero attached hydrogens (tertiary/aromatic N) is 1. The monoisotopic (exact) mass is 340 g/mol. The van der Waals surface area contributed by atoms with Crippen LogP contribution in [0.4, 0.5) is 0 Å². The minimum Gasteiger partial charge on any atom is -0.492 e. The van der Waals surface area contributed by atoms with E-state index in [0.717, 1.165) is 36.5 Å². The average Bonchev–Trinajstić information content (AvgIpc) is 2.92. The van der Waals surface area contributed by atoms with Gasteiger partial charge >= 0.3 is 0 Å². The van der Waals surface area contributed by atoms with Gasteiger partial charge in [-0.1, -0.05) is 28.9 Å². The predicted molar refractivity (Wildman–Crippen MR) is 87.4 cm³/mol. The Bertz CT molecular complexity index is 394. The van der Waals surface area contributed by atoms with Crippen molar-refractivity contribution in [2.45, 2.75) is 32.2 Å².